The molecule has 0 N–H and O–H groups in total. The van der Waals surface area contributed by atoms with Gasteiger partial charge in [-0.1, -0.05) is 54.2 Å². The zero-order valence-electron chi connectivity index (χ0n) is 18.6. The topological polar surface area (TPSA) is 75.5 Å². The molecule has 0 atom stereocenters. The number of hydrogen-bond donors (Lipinski definition) is 0. The van der Waals surface area contributed by atoms with E-state index in [2.05, 4.69) is 26.9 Å². The highest BCUT2D eigenvalue weighted by atomic mass is 32.2. The number of nitrogens with zero attached hydrogens (tertiary/aromatic N) is 3. The molecule has 1 aromatic heterocycles. The van der Waals surface area contributed by atoms with Crippen molar-refractivity contribution in [3.8, 4) is 28.6 Å². The van der Waals surface area contributed by atoms with Crippen LogP contribution >= 0.6 is 11.8 Å². The van der Waals surface area contributed by atoms with Gasteiger partial charge in [0.25, 0.3) is 0 Å². The number of ether oxygens (including phenoxy) is 3. The summed E-state index contributed by atoms with van der Waals surface area (Å²) >= 11 is 1.37. The summed E-state index contributed by atoms with van der Waals surface area (Å²) in [5.41, 5.74) is 2.66. The molecule has 3 aromatic carbocycles. The van der Waals surface area contributed by atoms with Crippen LogP contribution in [0.1, 0.15) is 15.9 Å². The van der Waals surface area contributed by atoms with Crippen molar-refractivity contribution in [3.05, 3.63) is 83.9 Å². The molecule has 172 valence electrons. The minimum Gasteiger partial charge on any atom is -0.496 e. The smallest absolute Gasteiger partial charge is 0.231 e. The Kier molecular flexibility index (Phi) is 6.49. The fourth-order valence-electron chi connectivity index (χ4n) is 3.79. The van der Waals surface area contributed by atoms with Gasteiger partial charge in [0.1, 0.15) is 5.75 Å². The Labute approximate surface area is 201 Å². The molecule has 4 aromatic rings. The van der Waals surface area contributed by atoms with Crippen molar-refractivity contribution in [1.29, 1.82) is 0 Å². The van der Waals surface area contributed by atoms with Gasteiger partial charge in [0.15, 0.2) is 28.3 Å². The number of fused-ring (bicyclic) bond motifs is 1. The van der Waals surface area contributed by atoms with E-state index in [1.165, 1.54) is 17.3 Å². The van der Waals surface area contributed by atoms with Gasteiger partial charge < -0.3 is 18.8 Å². The molecule has 0 unspecified atom stereocenters. The van der Waals surface area contributed by atoms with E-state index in [9.17, 15) is 4.79 Å². The van der Waals surface area contributed by atoms with Gasteiger partial charge in [-0.2, -0.15) is 0 Å². The molecule has 34 heavy (non-hydrogen) atoms. The summed E-state index contributed by atoms with van der Waals surface area (Å²) in [6.45, 7) is 0.850. The maximum atomic E-state index is 12.9. The van der Waals surface area contributed by atoms with Crippen LogP contribution in [0.3, 0.4) is 0 Å². The highest BCUT2D eigenvalue weighted by Gasteiger charge is 2.20. The van der Waals surface area contributed by atoms with E-state index in [-0.39, 0.29) is 18.3 Å². The van der Waals surface area contributed by atoms with Crippen molar-refractivity contribution in [2.75, 3.05) is 19.7 Å². The molecule has 8 heteroatoms. The maximum Gasteiger partial charge on any atom is 0.231 e. The Morgan fingerprint density at radius 1 is 1.00 bits per heavy atom. The third-order valence-corrected chi connectivity index (χ3v) is 6.53. The van der Waals surface area contributed by atoms with Gasteiger partial charge in [-0.15, -0.1) is 10.2 Å². The number of rotatable bonds is 9. The molecule has 7 nitrogen and oxygen atoms in total. The highest BCUT2D eigenvalue weighted by molar-refractivity contribution is 7.99. The average Bonchev–Trinajstić information content (AvgIpc) is 3.52. The number of benzene rings is 3. The number of ketones is 1. The fraction of sp³-hybridized carbons (Fsp3) is 0.192. The van der Waals surface area contributed by atoms with E-state index in [1.807, 2.05) is 42.5 Å². The van der Waals surface area contributed by atoms with Gasteiger partial charge in [0.2, 0.25) is 6.79 Å². The Balaban J connectivity index is 1.39. The van der Waals surface area contributed by atoms with Crippen LogP contribution in [0.4, 0.5) is 0 Å². The largest absolute Gasteiger partial charge is 0.496 e. The van der Waals surface area contributed by atoms with E-state index in [4.69, 9.17) is 14.2 Å². The van der Waals surface area contributed by atoms with Crippen LogP contribution in [0.5, 0.6) is 17.2 Å². The molecule has 2 heterocycles. The van der Waals surface area contributed by atoms with Crippen LogP contribution < -0.4 is 14.2 Å². The number of thioether (sulfide) groups is 1. The maximum absolute atomic E-state index is 12.9. The second-order valence-corrected chi connectivity index (χ2v) is 8.62. The van der Waals surface area contributed by atoms with Crippen molar-refractivity contribution < 1.29 is 19.0 Å². The molecule has 0 saturated heterocycles. The Bertz CT molecular complexity index is 1310. The first-order chi connectivity index (χ1) is 16.7. The van der Waals surface area contributed by atoms with Crippen molar-refractivity contribution in [1.82, 2.24) is 14.8 Å². The Morgan fingerprint density at radius 2 is 1.79 bits per heavy atom. The number of methoxy groups -OCH3 is 1. The zero-order valence-corrected chi connectivity index (χ0v) is 19.5. The second-order valence-electron chi connectivity index (χ2n) is 7.67. The average molecular weight is 474 g/mol. The summed E-state index contributed by atoms with van der Waals surface area (Å²) in [7, 11) is 1.64. The summed E-state index contributed by atoms with van der Waals surface area (Å²) in [4.78, 5) is 12.9. The lowest BCUT2D eigenvalue weighted by Gasteiger charge is -2.12. The number of aryl methyl sites for hydroxylation is 1. The van der Waals surface area contributed by atoms with Crippen LogP contribution in [0.25, 0.3) is 11.4 Å². The number of hydrogen-bond acceptors (Lipinski definition) is 7. The molecule has 0 bridgehead atoms. The van der Waals surface area contributed by atoms with Gasteiger partial charge in [-0.3, -0.25) is 4.79 Å². The molecule has 0 aliphatic carbocycles. The minimum atomic E-state index is -0.0141. The first-order valence-electron chi connectivity index (χ1n) is 10.9. The van der Waals surface area contributed by atoms with Gasteiger partial charge in [-0.25, -0.2) is 0 Å². The Morgan fingerprint density at radius 3 is 2.65 bits per heavy atom. The fourth-order valence-corrected chi connectivity index (χ4v) is 4.65. The summed E-state index contributed by atoms with van der Waals surface area (Å²) in [6, 6.07) is 23.3. The SMILES string of the molecule is COc1ccccc1-c1nnc(SCC(=O)c2ccc3c(c2)OCO3)n1CCc1ccccc1. The summed E-state index contributed by atoms with van der Waals surface area (Å²) in [6.07, 6.45) is 0.810. The second kappa shape index (κ2) is 10.0. The molecule has 5 rings (SSSR count). The zero-order chi connectivity index (χ0) is 23.3. The first-order valence-corrected chi connectivity index (χ1v) is 11.9. The first kappa shape index (κ1) is 22.0. The van der Waals surface area contributed by atoms with Crippen LogP contribution in [-0.2, 0) is 13.0 Å². The molecule has 0 saturated carbocycles. The lowest BCUT2D eigenvalue weighted by atomic mass is 10.1. The Hall–Kier alpha value is -3.78. The molecule has 0 amide bonds. The molecule has 0 spiro atoms. The van der Waals surface area contributed by atoms with Crippen LogP contribution in [0, 0.1) is 0 Å². The number of aromatic nitrogens is 3. The molecule has 0 fully saturated rings. The van der Waals surface area contributed by atoms with E-state index in [0.29, 0.717) is 34.6 Å². The quantitative estimate of drug-likeness (QED) is 0.253. The lowest BCUT2D eigenvalue weighted by molar-refractivity contribution is 0.102. The molecule has 1 aliphatic heterocycles. The van der Waals surface area contributed by atoms with Crippen molar-refractivity contribution in [2.24, 2.45) is 0 Å². The minimum absolute atomic E-state index is 0.0141. The normalized spacial score (nSPS) is 12.0. The summed E-state index contributed by atoms with van der Waals surface area (Å²) in [5.74, 6) is 2.91. The molecule has 1 aliphatic rings. The van der Waals surface area contributed by atoms with E-state index >= 15 is 0 Å². The number of carbonyl (C=O) groups excluding carboxylic acids is 1. The number of carbonyl (C=O) groups is 1. The lowest BCUT2D eigenvalue weighted by Crippen LogP contribution is -2.08. The predicted molar refractivity (Wildman–Crippen MR) is 130 cm³/mol. The monoisotopic (exact) mass is 473 g/mol. The summed E-state index contributed by atoms with van der Waals surface area (Å²) in [5, 5.41) is 9.58. The standard InChI is InChI=1S/C26H23N3O4S/c1-31-22-10-6-5-9-20(22)25-27-28-26(29(25)14-13-18-7-3-2-4-8-18)34-16-21(30)19-11-12-23-24(15-19)33-17-32-23/h2-12,15H,13-14,16-17H2,1H3. The van der Waals surface area contributed by atoms with Crippen molar-refractivity contribution >= 4 is 17.5 Å². The van der Waals surface area contributed by atoms with Gasteiger partial charge in [0, 0.05) is 12.1 Å². The third-order valence-electron chi connectivity index (χ3n) is 5.56. The van der Waals surface area contributed by atoms with E-state index in [1.54, 1.807) is 25.3 Å². The third kappa shape index (κ3) is 4.63. The number of para-hydroxylation sites is 1. The van der Waals surface area contributed by atoms with Gasteiger partial charge >= 0.3 is 0 Å². The van der Waals surface area contributed by atoms with Crippen molar-refractivity contribution in [3.63, 3.8) is 0 Å². The highest BCUT2D eigenvalue weighted by Crippen LogP contribution is 2.34. The predicted octanol–water partition coefficient (Wildman–Crippen LogP) is 4.90. The van der Waals surface area contributed by atoms with Gasteiger partial charge in [0.05, 0.1) is 18.4 Å². The van der Waals surface area contributed by atoms with Crippen LogP contribution in [-0.4, -0.2) is 40.2 Å². The van der Waals surface area contributed by atoms with Crippen LogP contribution in [0.15, 0.2) is 78.0 Å². The molecular weight excluding hydrogens is 450 g/mol. The van der Waals surface area contributed by atoms with E-state index < -0.39 is 0 Å². The van der Waals surface area contributed by atoms with Crippen molar-refractivity contribution in [2.45, 2.75) is 18.1 Å². The summed E-state index contributed by atoms with van der Waals surface area (Å²) < 4.78 is 18.3. The van der Waals surface area contributed by atoms with Gasteiger partial charge in [-0.05, 0) is 42.3 Å². The molecule has 0 radical (unpaired) electrons. The van der Waals surface area contributed by atoms with E-state index in [0.717, 1.165) is 17.7 Å². The van der Waals surface area contributed by atoms with Crippen LogP contribution in [0.2, 0.25) is 0 Å². The molecular formula is C26H23N3O4S. The number of Topliss-reactive ketones (excluding diaryl/α,β-unsaturated/α-hetero) is 1.